The summed E-state index contributed by atoms with van der Waals surface area (Å²) < 4.78 is 7.08. The maximum absolute atomic E-state index is 12.6. The summed E-state index contributed by atoms with van der Waals surface area (Å²) in [5, 5.41) is 4.83. The van der Waals surface area contributed by atoms with Crippen LogP contribution in [0, 0.1) is 0 Å². The van der Waals surface area contributed by atoms with E-state index in [0.29, 0.717) is 6.54 Å². The lowest BCUT2D eigenvalue weighted by atomic mass is 9.92. The Labute approximate surface area is 166 Å². The number of ether oxygens (including phenoxy) is 1. The number of rotatable bonds is 5. The molecular weight excluding hydrogens is 350 g/mol. The fraction of sp³-hybridized carbons (Fsp3) is 0.304. The Kier molecular flexibility index (Phi) is 5.54. The number of para-hydroxylation sites is 1. The van der Waals surface area contributed by atoms with Crippen molar-refractivity contribution in [2.75, 3.05) is 12.0 Å². The van der Waals surface area contributed by atoms with Gasteiger partial charge in [0.25, 0.3) is 0 Å². The molecule has 3 aromatic rings. The number of anilines is 1. The molecule has 1 heterocycles. The van der Waals surface area contributed by atoms with Gasteiger partial charge in [0.1, 0.15) is 11.6 Å². The standard InChI is InChI=1S/C23H27N3O2/c1-17(27)25(16-18-11-13-20(28-5)14-12-18)22-15-21(23(2,3)4)24-26(22)19-9-7-6-8-10-19/h6-15H,16H2,1-5H3. The van der Waals surface area contributed by atoms with Crippen LogP contribution in [0.2, 0.25) is 0 Å². The summed E-state index contributed by atoms with van der Waals surface area (Å²) in [4.78, 5) is 14.3. The summed E-state index contributed by atoms with van der Waals surface area (Å²) >= 11 is 0. The van der Waals surface area contributed by atoms with E-state index < -0.39 is 0 Å². The molecule has 5 heteroatoms. The maximum atomic E-state index is 12.6. The molecule has 146 valence electrons. The minimum absolute atomic E-state index is 0.0339. The second-order valence-electron chi connectivity index (χ2n) is 7.84. The van der Waals surface area contributed by atoms with Crippen molar-refractivity contribution in [1.29, 1.82) is 0 Å². The molecule has 0 saturated carbocycles. The molecule has 1 aromatic heterocycles. The molecule has 3 rings (SSSR count). The smallest absolute Gasteiger partial charge is 0.225 e. The van der Waals surface area contributed by atoms with E-state index in [1.165, 1.54) is 0 Å². The van der Waals surface area contributed by atoms with E-state index in [1.807, 2.05) is 65.3 Å². The van der Waals surface area contributed by atoms with Gasteiger partial charge >= 0.3 is 0 Å². The lowest BCUT2D eigenvalue weighted by Crippen LogP contribution is -2.29. The molecule has 0 aliphatic heterocycles. The molecule has 0 aliphatic carbocycles. The number of carbonyl (C=O) groups excluding carboxylic acids is 1. The Morgan fingerprint density at radius 3 is 2.25 bits per heavy atom. The third-order valence-corrected chi connectivity index (χ3v) is 4.62. The molecule has 0 radical (unpaired) electrons. The summed E-state index contributed by atoms with van der Waals surface area (Å²) in [6, 6.07) is 19.7. The van der Waals surface area contributed by atoms with E-state index in [4.69, 9.17) is 9.84 Å². The molecule has 0 aliphatic rings. The van der Waals surface area contributed by atoms with Crippen molar-refractivity contribution in [2.24, 2.45) is 0 Å². The first-order chi connectivity index (χ1) is 13.3. The van der Waals surface area contributed by atoms with Crippen LogP contribution >= 0.6 is 0 Å². The normalized spacial score (nSPS) is 11.3. The van der Waals surface area contributed by atoms with Gasteiger partial charge in [-0.2, -0.15) is 5.10 Å². The zero-order valence-corrected chi connectivity index (χ0v) is 17.1. The molecule has 0 unspecified atom stereocenters. The second-order valence-corrected chi connectivity index (χ2v) is 7.84. The number of benzene rings is 2. The summed E-state index contributed by atoms with van der Waals surface area (Å²) in [6.45, 7) is 8.41. The summed E-state index contributed by atoms with van der Waals surface area (Å²) in [6.07, 6.45) is 0. The highest BCUT2D eigenvalue weighted by molar-refractivity contribution is 5.91. The van der Waals surface area contributed by atoms with E-state index in [-0.39, 0.29) is 11.3 Å². The Bertz CT molecular complexity index is 938. The molecule has 0 atom stereocenters. The number of carbonyl (C=O) groups is 1. The minimum atomic E-state index is -0.128. The lowest BCUT2D eigenvalue weighted by Gasteiger charge is -2.22. The molecule has 0 N–H and O–H groups in total. The lowest BCUT2D eigenvalue weighted by molar-refractivity contribution is -0.116. The summed E-state index contributed by atoms with van der Waals surface area (Å²) in [7, 11) is 1.64. The Morgan fingerprint density at radius 2 is 1.71 bits per heavy atom. The van der Waals surface area contributed by atoms with E-state index in [1.54, 1.807) is 18.9 Å². The molecule has 0 fully saturated rings. The zero-order chi connectivity index (χ0) is 20.3. The fourth-order valence-electron chi connectivity index (χ4n) is 2.96. The van der Waals surface area contributed by atoms with E-state index in [9.17, 15) is 4.79 Å². The van der Waals surface area contributed by atoms with E-state index >= 15 is 0 Å². The number of amides is 1. The quantitative estimate of drug-likeness (QED) is 0.646. The third-order valence-electron chi connectivity index (χ3n) is 4.62. The molecule has 2 aromatic carbocycles. The van der Waals surface area contributed by atoms with Crippen LogP contribution < -0.4 is 9.64 Å². The van der Waals surface area contributed by atoms with Gasteiger partial charge in [-0.05, 0) is 29.8 Å². The number of nitrogens with zero attached hydrogens (tertiary/aromatic N) is 3. The van der Waals surface area contributed by atoms with E-state index in [0.717, 1.165) is 28.5 Å². The monoisotopic (exact) mass is 377 g/mol. The fourth-order valence-corrected chi connectivity index (χ4v) is 2.96. The van der Waals surface area contributed by atoms with Gasteiger partial charge in [-0.15, -0.1) is 0 Å². The second kappa shape index (κ2) is 7.89. The molecule has 1 amide bonds. The largest absolute Gasteiger partial charge is 0.497 e. The van der Waals surface area contributed by atoms with Gasteiger partial charge in [-0.3, -0.25) is 9.69 Å². The summed E-state index contributed by atoms with van der Waals surface area (Å²) in [5.74, 6) is 1.52. The first-order valence-electron chi connectivity index (χ1n) is 9.36. The van der Waals surface area contributed by atoms with Crippen LogP contribution in [0.4, 0.5) is 5.82 Å². The molecule has 0 bridgehead atoms. The Morgan fingerprint density at radius 1 is 1.07 bits per heavy atom. The van der Waals surface area contributed by atoms with Crippen molar-refractivity contribution in [1.82, 2.24) is 9.78 Å². The van der Waals surface area contributed by atoms with Gasteiger partial charge in [0.15, 0.2) is 0 Å². The van der Waals surface area contributed by atoms with Crippen LogP contribution in [0.1, 0.15) is 39.0 Å². The van der Waals surface area contributed by atoms with Gasteiger partial charge in [-0.1, -0.05) is 51.1 Å². The minimum Gasteiger partial charge on any atom is -0.497 e. The zero-order valence-electron chi connectivity index (χ0n) is 17.1. The maximum Gasteiger partial charge on any atom is 0.225 e. The number of aromatic nitrogens is 2. The van der Waals surface area contributed by atoms with Crippen molar-refractivity contribution in [2.45, 2.75) is 39.7 Å². The summed E-state index contributed by atoms with van der Waals surface area (Å²) in [5.41, 5.74) is 2.76. The molecular formula is C23H27N3O2. The van der Waals surface area contributed by atoms with Crippen LogP contribution in [-0.2, 0) is 16.8 Å². The molecule has 0 saturated heterocycles. The number of hydrogen-bond acceptors (Lipinski definition) is 3. The van der Waals surface area contributed by atoms with Crippen LogP contribution in [0.25, 0.3) is 5.69 Å². The van der Waals surface area contributed by atoms with Crippen molar-refractivity contribution >= 4 is 11.7 Å². The van der Waals surface area contributed by atoms with Gasteiger partial charge in [0.05, 0.1) is 25.0 Å². The van der Waals surface area contributed by atoms with Gasteiger partial charge in [-0.25, -0.2) is 4.68 Å². The molecule has 0 spiro atoms. The van der Waals surface area contributed by atoms with Gasteiger partial charge in [0, 0.05) is 18.4 Å². The highest BCUT2D eigenvalue weighted by Gasteiger charge is 2.25. The average Bonchev–Trinajstić information content (AvgIpc) is 3.12. The molecule has 28 heavy (non-hydrogen) atoms. The van der Waals surface area contributed by atoms with Crippen LogP contribution in [0.5, 0.6) is 5.75 Å². The number of hydrogen-bond donors (Lipinski definition) is 0. The van der Waals surface area contributed by atoms with E-state index in [2.05, 4.69) is 20.8 Å². The van der Waals surface area contributed by atoms with Crippen molar-refractivity contribution in [3.8, 4) is 11.4 Å². The van der Waals surface area contributed by atoms with Crippen molar-refractivity contribution in [3.05, 3.63) is 71.9 Å². The highest BCUT2D eigenvalue weighted by Crippen LogP contribution is 2.29. The molecule has 5 nitrogen and oxygen atoms in total. The topological polar surface area (TPSA) is 47.4 Å². The van der Waals surface area contributed by atoms with Crippen LogP contribution in [0.3, 0.4) is 0 Å². The van der Waals surface area contributed by atoms with Gasteiger partial charge in [0.2, 0.25) is 5.91 Å². The highest BCUT2D eigenvalue weighted by atomic mass is 16.5. The van der Waals surface area contributed by atoms with Crippen molar-refractivity contribution in [3.63, 3.8) is 0 Å². The number of methoxy groups -OCH3 is 1. The predicted octanol–water partition coefficient (Wildman–Crippen LogP) is 4.73. The predicted molar refractivity (Wildman–Crippen MR) is 112 cm³/mol. The SMILES string of the molecule is COc1ccc(CN(C(C)=O)c2cc(C(C)(C)C)nn2-c2ccccc2)cc1. The Hall–Kier alpha value is -3.08. The van der Waals surface area contributed by atoms with Crippen LogP contribution in [0.15, 0.2) is 60.7 Å². The average molecular weight is 377 g/mol. The van der Waals surface area contributed by atoms with Crippen LogP contribution in [-0.4, -0.2) is 22.8 Å². The van der Waals surface area contributed by atoms with Gasteiger partial charge < -0.3 is 4.74 Å². The third kappa shape index (κ3) is 4.25. The van der Waals surface area contributed by atoms with Crippen molar-refractivity contribution < 1.29 is 9.53 Å². The first kappa shape index (κ1) is 19.7. The first-order valence-corrected chi connectivity index (χ1v) is 9.36. The Balaban J connectivity index is 2.06.